The molecule has 2 aliphatic rings. The smallest absolute Gasteiger partial charge is 0.181 e. The molecule has 0 bridgehead atoms. The predicted octanol–water partition coefficient (Wildman–Crippen LogP) is 4.13. The quantitative estimate of drug-likeness (QED) is 0.473. The third-order valence-electron chi connectivity index (χ3n) is 5.92. The van der Waals surface area contributed by atoms with Gasteiger partial charge in [-0.3, -0.25) is 5.41 Å². The van der Waals surface area contributed by atoms with Crippen molar-refractivity contribution in [2.45, 2.75) is 30.7 Å². The summed E-state index contributed by atoms with van der Waals surface area (Å²) in [6.07, 6.45) is 6.20. The molecule has 138 valence electrons. The number of fused-ring (bicyclic) bond motifs is 2. The third kappa shape index (κ3) is 2.55. The van der Waals surface area contributed by atoms with Gasteiger partial charge >= 0.3 is 0 Å². The second kappa shape index (κ2) is 5.96. The molecule has 1 unspecified atom stereocenters. The SMILES string of the molecule is N#Cc1ccc2c(c1)C1(CC1)CC2Nc1ccc(N)c(C(=N)c2cnco2)c1. The standard InChI is InChI=1S/C22H19N5O/c23-10-13-1-3-15-17(7-13)22(5-6-22)9-19(15)27-14-2-4-18(24)16(8-14)21(25)20-11-26-12-28-20/h1-4,7-8,11-12,19,25,27H,5-6,9,24H2. The van der Waals surface area contributed by atoms with Gasteiger partial charge in [0.2, 0.25) is 0 Å². The zero-order valence-electron chi connectivity index (χ0n) is 15.2. The number of nitrogen functional groups attached to an aromatic ring is 1. The van der Waals surface area contributed by atoms with Crippen molar-refractivity contribution in [3.8, 4) is 6.07 Å². The second-order valence-corrected chi connectivity index (χ2v) is 7.64. The summed E-state index contributed by atoms with van der Waals surface area (Å²) in [6.45, 7) is 0. The fourth-order valence-electron chi connectivity index (χ4n) is 4.29. The Morgan fingerprint density at radius 1 is 1.29 bits per heavy atom. The van der Waals surface area contributed by atoms with Crippen LogP contribution in [-0.2, 0) is 5.41 Å². The minimum atomic E-state index is 0.182. The summed E-state index contributed by atoms with van der Waals surface area (Å²) < 4.78 is 5.24. The Morgan fingerprint density at radius 3 is 2.86 bits per heavy atom. The van der Waals surface area contributed by atoms with Crippen molar-refractivity contribution in [1.82, 2.24) is 4.98 Å². The minimum absolute atomic E-state index is 0.182. The van der Waals surface area contributed by atoms with Crippen LogP contribution in [0.15, 0.2) is 53.4 Å². The molecule has 1 fully saturated rings. The molecular weight excluding hydrogens is 350 g/mol. The number of nitriles is 1. The average molecular weight is 369 g/mol. The van der Waals surface area contributed by atoms with Crippen LogP contribution in [0, 0.1) is 16.7 Å². The van der Waals surface area contributed by atoms with Crippen molar-refractivity contribution in [2.24, 2.45) is 0 Å². The number of hydrogen-bond acceptors (Lipinski definition) is 6. The summed E-state index contributed by atoms with van der Waals surface area (Å²) in [5.41, 5.74) is 11.9. The Morgan fingerprint density at radius 2 is 2.14 bits per heavy atom. The first-order chi connectivity index (χ1) is 13.6. The third-order valence-corrected chi connectivity index (χ3v) is 5.92. The summed E-state index contributed by atoms with van der Waals surface area (Å²) in [5, 5.41) is 21.2. The highest BCUT2D eigenvalue weighted by Crippen LogP contribution is 2.60. The Bertz CT molecular complexity index is 1120. The molecule has 6 nitrogen and oxygen atoms in total. The van der Waals surface area contributed by atoms with Gasteiger partial charge in [0.15, 0.2) is 12.2 Å². The van der Waals surface area contributed by atoms with Crippen LogP contribution in [0.4, 0.5) is 11.4 Å². The van der Waals surface area contributed by atoms with Crippen molar-refractivity contribution in [3.05, 3.63) is 77.0 Å². The van der Waals surface area contributed by atoms with Crippen LogP contribution in [0.2, 0.25) is 0 Å². The predicted molar refractivity (Wildman–Crippen MR) is 106 cm³/mol. The molecule has 28 heavy (non-hydrogen) atoms. The van der Waals surface area contributed by atoms with Crippen LogP contribution in [0.25, 0.3) is 0 Å². The van der Waals surface area contributed by atoms with Crippen LogP contribution in [0.3, 0.4) is 0 Å². The molecule has 0 aliphatic heterocycles. The maximum absolute atomic E-state index is 9.24. The zero-order chi connectivity index (χ0) is 19.3. The largest absolute Gasteiger partial charge is 0.442 e. The Kier molecular flexibility index (Phi) is 3.53. The number of hydrogen-bond donors (Lipinski definition) is 3. The normalized spacial score (nSPS) is 18.5. The molecule has 1 aromatic heterocycles. The number of benzene rings is 2. The molecule has 1 atom stereocenters. The molecule has 6 heteroatoms. The van der Waals surface area contributed by atoms with E-state index in [1.807, 2.05) is 24.3 Å². The molecule has 0 amide bonds. The summed E-state index contributed by atoms with van der Waals surface area (Å²) in [6, 6.07) is 14.1. The molecular formula is C22H19N5O. The van der Waals surface area contributed by atoms with Gasteiger partial charge in [-0.15, -0.1) is 0 Å². The summed E-state index contributed by atoms with van der Waals surface area (Å²) in [5.74, 6) is 0.385. The van der Waals surface area contributed by atoms with Crippen molar-refractivity contribution in [2.75, 3.05) is 11.1 Å². The van der Waals surface area contributed by atoms with Gasteiger partial charge in [0.1, 0.15) is 5.71 Å². The van der Waals surface area contributed by atoms with Gasteiger partial charge in [0.25, 0.3) is 0 Å². The monoisotopic (exact) mass is 369 g/mol. The number of nitrogens with two attached hydrogens (primary N) is 1. The van der Waals surface area contributed by atoms with Crippen molar-refractivity contribution in [3.63, 3.8) is 0 Å². The van der Waals surface area contributed by atoms with E-state index in [0.717, 1.165) is 17.7 Å². The molecule has 2 aliphatic carbocycles. The molecule has 4 N–H and O–H groups in total. The molecule has 1 heterocycles. The van der Waals surface area contributed by atoms with Gasteiger partial charge in [0, 0.05) is 16.9 Å². The lowest BCUT2D eigenvalue weighted by Crippen LogP contribution is -2.11. The van der Waals surface area contributed by atoms with Gasteiger partial charge in [-0.2, -0.15) is 5.26 Å². The lowest BCUT2D eigenvalue weighted by Gasteiger charge is -2.17. The fourth-order valence-corrected chi connectivity index (χ4v) is 4.29. The van der Waals surface area contributed by atoms with E-state index in [0.29, 0.717) is 17.0 Å². The van der Waals surface area contributed by atoms with Gasteiger partial charge in [-0.25, -0.2) is 4.98 Å². The Labute approximate surface area is 162 Å². The van der Waals surface area contributed by atoms with Gasteiger partial charge in [0.05, 0.1) is 23.9 Å². The minimum Gasteiger partial charge on any atom is -0.442 e. The lowest BCUT2D eigenvalue weighted by atomic mass is 9.97. The van der Waals surface area contributed by atoms with Crippen LogP contribution >= 0.6 is 0 Å². The first-order valence-corrected chi connectivity index (χ1v) is 9.28. The van der Waals surface area contributed by atoms with E-state index >= 15 is 0 Å². The Hall–Kier alpha value is -3.59. The van der Waals surface area contributed by atoms with E-state index in [2.05, 4.69) is 28.5 Å². The van der Waals surface area contributed by atoms with E-state index in [1.165, 1.54) is 36.6 Å². The van der Waals surface area contributed by atoms with Gasteiger partial charge < -0.3 is 15.5 Å². The van der Waals surface area contributed by atoms with Crippen LogP contribution in [0.1, 0.15) is 53.3 Å². The van der Waals surface area contributed by atoms with E-state index in [4.69, 9.17) is 15.6 Å². The number of nitrogens with zero attached hydrogens (tertiary/aromatic N) is 2. The first kappa shape index (κ1) is 16.6. The highest BCUT2D eigenvalue weighted by molar-refractivity contribution is 6.12. The van der Waals surface area contributed by atoms with Crippen molar-refractivity contribution < 1.29 is 4.42 Å². The molecule has 3 aromatic rings. The first-order valence-electron chi connectivity index (χ1n) is 9.28. The second-order valence-electron chi connectivity index (χ2n) is 7.64. The number of oxazole rings is 1. The summed E-state index contributed by atoms with van der Waals surface area (Å²) in [7, 11) is 0. The average Bonchev–Trinajstić information content (AvgIpc) is 3.16. The molecule has 0 radical (unpaired) electrons. The van der Waals surface area contributed by atoms with Crippen LogP contribution < -0.4 is 11.1 Å². The maximum atomic E-state index is 9.24. The Balaban J connectivity index is 1.46. The molecule has 5 rings (SSSR count). The van der Waals surface area contributed by atoms with Crippen LogP contribution in [0.5, 0.6) is 0 Å². The van der Waals surface area contributed by atoms with Crippen molar-refractivity contribution in [1.29, 1.82) is 10.7 Å². The van der Waals surface area contributed by atoms with E-state index in [9.17, 15) is 5.26 Å². The zero-order valence-corrected chi connectivity index (χ0v) is 15.2. The molecule has 0 saturated heterocycles. The number of nitrogens with one attached hydrogen (secondary N) is 2. The topological polar surface area (TPSA) is 112 Å². The molecule has 1 saturated carbocycles. The molecule has 1 spiro atoms. The van der Waals surface area contributed by atoms with E-state index in [1.54, 1.807) is 0 Å². The molecule has 2 aromatic carbocycles. The van der Waals surface area contributed by atoms with Crippen LogP contribution in [-0.4, -0.2) is 10.7 Å². The van der Waals surface area contributed by atoms with E-state index in [-0.39, 0.29) is 17.2 Å². The number of aromatic nitrogens is 1. The number of rotatable bonds is 4. The summed E-state index contributed by atoms with van der Waals surface area (Å²) >= 11 is 0. The van der Waals surface area contributed by atoms with Crippen molar-refractivity contribution >= 4 is 17.1 Å². The van der Waals surface area contributed by atoms with E-state index < -0.39 is 0 Å². The lowest BCUT2D eigenvalue weighted by molar-refractivity contribution is 0.548. The number of anilines is 2. The highest BCUT2D eigenvalue weighted by atomic mass is 16.3. The fraction of sp³-hybridized carbons (Fsp3) is 0.227. The highest BCUT2D eigenvalue weighted by Gasteiger charge is 2.52. The van der Waals surface area contributed by atoms with Gasteiger partial charge in [-0.05, 0) is 66.1 Å². The summed E-state index contributed by atoms with van der Waals surface area (Å²) in [4.78, 5) is 3.88. The van der Waals surface area contributed by atoms with Gasteiger partial charge in [-0.1, -0.05) is 6.07 Å². The maximum Gasteiger partial charge on any atom is 0.181 e.